The fourth-order valence-corrected chi connectivity index (χ4v) is 1.98. The van der Waals surface area contributed by atoms with Crippen LogP contribution < -0.4 is 5.32 Å². The second kappa shape index (κ2) is 13.0. The number of esters is 1. The van der Waals surface area contributed by atoms with Crippen LogP contribution in [0.3, 0.4) is 0 Å². The molecule has 1 unspecified atom stereocenters. The third-order valence-electron chi connectivity index (χ3n) is 3.38. The van der Waals surface area contributed by atoms with Gasteiger partial charge in [0.2, 0.25) is 0 Å². The zero-order valence-corrected chi connectivity index (χ0v) is 14.2. The van der Waals surface area contributed by atoms with Gasteiger partial charge in [0.25, 0.3) is 0 Å². The Labute approximate surface area is 129 Å². The molecule has 126 valence electrons. The van der Waals surface area contributed by atoms with Crippen molar-refractivity contribution in [1.29, 1.82) is 0 Å². The number of methoxy groups -OCH3 is 1. The van der Waals surface area contributed by atoms with E-state index in [1.165, 1.54) is 7.11 Å². The standard InChI is InChI=1S/C16H33NO4/c1-5-7-11-20-13-14-21-12-8-9-16(3,15(18)19-4)17-10-6-2/h17H,5-14H2,1-4H3. The molecule has 0 saturated heterocycles. The van der Waals surface area contributed by atoms with E-state index in [2.05, 4.69) is 19.2 Å². The molecule has 0 aromatic carbocycles. The molecule has 5 nitrogen and oxygen atoms in total. The van der Waals surface area contributed by atoms with Crippen LogP contribution in [0.25, 0.3) is 0 Å². The van der Waals surface area contributed by atoms with Crippen LogP contribution in [0.2, 0.25) is 0 Å². The van der Waals surface area contributed by atoms with Gasteiger partial charge in [-0.15, -0.1) is 0 Å². The Morgan fingerprint density at radius 1 is 1.00 bits per heavy atom. The smallest absolute Gasteiger partial charge is 0.325 e. The second-order valence-corrected chi connectivity index (χ2v) is 5.43. The predicted molar refractivity (Wildman–Crippen MR) is 84.5 cm³/mol. The minimum Gasteiger partial charge on any atom is -0.468 e. The van der Waals surface area contributed by atoms with Crippen LogP contribution in [0.15, 0.2) is 0 Å². The van der Waals surface area contributed by atoms with E-state index in [9.17, 15) is 4.79 Å². The first-order valence-corrected chi connectivity index (χ1v) is 8.09. The summed E-state index contributed by atoms with van der Waals surface area (Å²) in [6.45, 7) is 9.61. The Kier molecular flexibility index (Phi) is 12.6. The first-order chi connectivity index (χ1) is 10.1. The van der Waals surface area contributed by atoms with E-state index in [0.717, 1.165) is 38.8 Å². The quantitative estimate of drug-likeness (QED) is 0.395. The summed E-state index contributed by atoms with van der Waals surface area (Å²) in [4.78, 5) is 11.9. The molecular weight excluding hydrogens is 270 g/mol. The van der Waals surface area contributed by atoms with Gasteiger partial charge in [0, 0.05) is 13.2 Å². The van der Waals surface area contributed by atoms with Gasteiger partial charge in [-0.3, -0.25) is 4.79 Å². The maximum atomic E-state index is 11.9. The van der Waals surface area contributed by atoms with Crippen molar-refractivity contribution in [1.82, 2.24) is 5.32 Å². The number of hydrogen-bond donors (Lipinski definition) is 1. The van der Waals surface area contributed by atoms with Gasteiger partial charge in [0.15, 0.2) is 0 Å². The molecule has 0 saturated carbocycles. The molecule has 0 aliphatic rings. The summed E-state index contributed by atoms with van der Waals surface area (Å²) >= 11 is 0. The maximum absolute atomic E-state index is 11.9. The van der Waals surface area contributed by atoms with Crippen molar-refractivity contribution in [2.24, 2.45) is 0 Å². The summed E-state index contributed by atoms with van der Waals surface area (Å²) in [7, 11) is 1.43. The Hall–Kier alpha value is -0.650. The van der Waals surface area contributed by atoms with Gasteiger partial charge in [-0.25, -0.2) is 0 Å². The topological polar surface area (TPSA) is 56.8 Å². The van der Waals surface area contributed by atoms with Crippen LogP contribution in [0.1, 0.15) is 52.9 Å². The Bertz CT molecular complexity index is 261. The van der Waals surface area contributed by atoms with Crippen LogP contribution in [-0.4, -0.2) is 51.6 Å². The molecule has 1 N–H and O–H groups in total. The highest BCUT2D eigenvalue weighted by atomic mass is 16.5. The molecule has 21 heavy (non-hydrogen) atoms. The molecule has 0 rings (SSSR count). The van der Waals surface area contributed by atoms with E-state index in [1.807, 2.05) is 6.92 Å². The molecule has 0 aliphatic carbocycles. The molecule has 0 heterocycles. The van der Waals surface area contributed by atoms with E-state index < -0.39 is 5.54 Å². The van der Waals surface area contributed by atoms with E-state index in [4.69, 9.17) is 14.2 Å². The average Bonchev–Trinajstić information content (AvgIpc) is 2.50. The van der Waals surface area contributed by atoms with Crippen LogP contribution in [-0.2, 0) is 19.0 Å². The third-order valence-corrected chi connectivity index (χ3v) is 3.38. The molecule has 0 bridgehead atoms. The van der Waals surface area contributed by atoms with Gasteiger partial charge in [-0.2, -0.15) is 0 Å². The lowest BCUT2D eigenvalue weighted by Gasteiger charge is -2.28. The summed E-state index contributed by atoms with van der Waals surface area (Å²) in [5, 5.41) is 3.27. The average molecular weight is 303 g/mol. The molecule has 0 aromatic heterocycles. The van der Waals surface area contributed by atoms with Gasteiger partial charge >= 0.3 is 5.97 Å². The SMILES string of the molecule is CCCCOCCOCCCC(C)(NCCC)C(=O)OC. The number of carbonyl (C=O) groups is 1. The predicted octanol–water partition coefficient (Wildman–Crippen LogP) is 2.53. The summed E-state index contributed by atoms with van der Waals surface area (Å²) < 4.78 is 15.8. The Balaban J connectivity index is 3.76. The third kappa shape index (κ3) is 9.82. The van der Waals surface area contributed by atoms with E-state index in [0.29, 0.717) is 26.2 Å². The number of ether oxygens (including phenoxy) is 3. The van der Waals surface area contributed by atoms with E-state index in [1.54, 1.807) is 0 Å². The molecule has 0 aliphatic heterocycles. The van der Waals surface area contributed by atoms with Crippen LogP contribution in [0, 0.1) is 0 Å². The minimum absolute atomic E-state index is 0.209. The highest BCUT2D eigenvalue weighted by molar-refractivity contribution is 5.80. The van der Waals surface area contributed by atoms with Gasteiger partial charge < -0.3 is 19.5 Å². The lowest BCUT2D eigenvalue weighted by atomic mass is 9.96. The summed E-state index contributed by atoms with van der Waals surface area (Å²) in [5.41, 5.74) is -0.619. The van der Waals surface area contributed by atoms with Crippen molar-refractivity contribution < 1.29 is 19.0 Å². The van der Waals surface area contributed by atoms with Crippen LogP contribution in [0.4, 0.5) is 0 Å². The van der Waals surface area contributed by atoms with E-state index in [-0.39, 0.29) is 5.97 Å². The lowest BCUT2D eigenvalue weighted by molar-refractivity contribution is -0.148. The largest absolute Gasteiger partial charge is 0.468 e. The highest BCUT2D eigenvalue weighted by Crippen LogP contribution is 2.14. The first-order valence-electron chi connectivity index (χ1n) is 8.09. The van der Waals surface area contributed by atoms with Crippen LogP contribution >= 0.6 is 0 Å². The number of rotatable bonds is 14. The molecular formula is C16H33NO4. The van der Waals surface area contributed by atoms with E-state index >= 15 is 0 Å². The Morgan fingerprint density at radius 2 is 1.62 bits per heavy atom. The zero-order valence-electron chi connectivity index (χ0n) is 14.2. The summed E-state index contributed by atoms with van der Waals surface area (Å²) in [5.74, 6) is -0.209. The van der Waals surface area contributed by atoms with Crippen molar-refractivity contribution in [2.75, 3.05) is 40.1 Å². The minimum atomic E-state index is -0.619. The fourth-order valence-electron chi connectivity index (χ4n) is 1.98. The number of nitrogens with one attached hydrogen (secondary N) is 1. The molecule has 0 fully saturated rings. The van der Waals surface area contributed by atoms with Gasteiger partial charge in [0.1, 0.15) is 5.54 Å². The second-order valence-electron chi connectivity index (χ2n) is 5.43. The van der Waals surface area contributed by atoms with Crippen molar-refractivity contribution in [3.8, 4) is 0 Å². The van der Waals surface area contributed by atoms with Gasteiger partial charge in [-0.1, -0.05) is 20.3 Å². The van der Waals surface area contributed by atoms with Crippen molar-refractivity contribution in [3.05, 3.63) is 0 Å². The highest BCUT2D eigenvalue weighted by Gasteiger charge is 2.32. The number of hydrogen-bond acceptors (Lipinski definition) is 5. The normalized spacial score (nSPS) is 13.9. The summed E-state index contributed by atoms with van der Waals surface area (Å²) in [6.07, 6.45) is 4.75. The van der Waals surface area contributed by atoms with Crippen molar-refractivity contribution in [2.45, 2.75) is 58.4 Å². The van der Waals surface area contributed by atoms with Crippen molar-refractivity contribution in [3.63, 3.8) is 0 Å². The molecule has 0 amide bonds. The van der Waals surface area contributed by atoms with Crippen LogP contribution in [0.5, 0.6) is 0 Å². The molecule has 1 atom stereocenters. The molecule has 5 heteroatoms. The number of carbonyl (C=O) groups excluding carboxylic acids is 1. The first kappa shape index (κ1) is 20.3. The molecule has 0 aromatic rings. The Morgan fingerprint density at radius 3 is 2.14 bits per heavy atom. The fraction of sp³-hybridized carbons (Fsp3) is 0.938. The molecule has 0 spiro atoms. The van der Waals surface area contributed by atoms with Gasteiger partial charge in [0.05, 0.1) is 20.3 Å². The van der Waals surface area contributed by atoms with Gasteiger partial charge in [-0.05, 0) is 39.2 Å². The molecule has 0 radical (unpaired) electrons. The lowest BCUT2D eigenvalue weighted by Crippen LogP contribution is -2.50. The monoisotopic (exact) mass is 303 g/mol. The van der Waals surface area contributed by atoms with Crippen molar-refractivity contribution >= 4 is 5.97 Å². The number of unbranched alkanes of at least 4 members (excludes halogenated alkanes) is 1. The maximum Gasteiger partial charge on any atom is 0.325 e. The zero-order chi connectivity index (χ0) is 16.0. The summed E-state index contributed by atoms with van der Waals surface area (Å²) in [6, 6.07) is 0.